The zero-order valence-electron chi connectivity index (χ0n) is 68.3. The smallest absolute Gasteiger partial charge is 0.238 e. The Kier molecular flexibility index (Phi) is 22.2. The van der Waals surface area contributed by atoms with E-state index in [1.54, 1.807) is 0 Å². The van der Waals surface area contributed by atoms with Crippen molar-refractivity contribution < 1.29 is 0 Å². The standard InChI is InChI=1S/3C28H18BrN3.C27H17BrN4/c29-22-15-9-17-26-27(22)21-14-7-8-16-25(21)32(26)28-30-23(19-10-3-1-4-11-19)18-24(31-28)20-12-5-2-6-13-20;29-22-15-9-17-25-27(22)21-14-7-8-16-24(21)32(25)26-18-23(19-10-3-1-4-11-19)30-28(31-26)20-12-5-2-6-13-20;29-22-15-9-17-24-26(22)21-14-7-8-16-23(21)32(24)25-18-30-28(20-12-5-2-6-13-20)31-27(25)19-10-3-1-4-11-19;28-21-15-9-17-23-24(21)20-14-7-8-16-22(20)32(23)27-30-25(18-10-3-1-4-11-18)29-26(31-27)19-12-5-2-6-13-19/h3*1-18H;1-17H. The minimum atomic E-state index is 0.599. The summed E-state index contributed by atoms with van der Waals surface area (Å²) in [5.41, 5.74) is 21.4. The first-order chi connectivity index (χ1) is 63.2. The van der Waals surface area contributed by atoms with Gasteiger partial charge in [0.1, 0.15) is 5.82 Å². The number of hydrogen-bond donors (Lipinski definition) is 0. The van der Waals surface area contributed by atoms with Gasteiger partial charge in [-0.15, -0.1) is 0 Å². The maximum atomic E-state index is 5.06. The number of para-hydroxylation sites is 4. The predicted octanol–water partition coefficient (Wildman–Crippen LogP) is 30.1. The summed E-state index contributed by atoms with van der Waals surface area (Å²) in [6, 6.07) is 144. The quantitative estimate of drug-likeness (QED) is 0.117. The van der Waals surface area contributed by atoms with Crippen molar-refractivity contribution in [3.05, 3.63) is 449 Å². The van der Waals surface area contributed by atoms with E-state index in [9.17, 15) is 0 Å². The van der Waals surface area contributed by atoms with E-state index < -0.39 is 0 Å². The highest BCUT2D eigenvalue weighted by Crippen LogP contribution is 2.44. The van der Waals surface area contributed by atoms with Gasteiger partial charge in [0.25, 0.3) is 0 Å². The van der Waals surface area contributed by atoms with Crippen molar-refractivity contribution in [3.8, 4) is 114 Å². The van der Waals surface area contributed by atoms with Crippen LogP contribution >= 0.6 is 63.7 Å². The molecule has 0 unspecified atom stereocenters. The van der Waals surface area contributed by atoms with Gasteiger partial charge in [0.15, 0.2) is 23.3 Å². The van der Waals surface area contributed by atoms with E-state index in [1.807, 2.05) is 200 Å². The molecular formula is C111H71Br4N13. The monoisotopic (exact) mass is 1900 g/mol. The van der Waals surface area contributed by atoms with Gasteiger partial charge in [0.05, 0.1) is 78.8 Å². The number of fused-ring (bicyclic) bond motifs is 12. The summed E-state index contributed by atoms with van der Waals surface area (Å²) in [7, 11) is 0. The van der Waals surface area contributed by atoms with Gasteiger partial charge in [-0.05, 0) is 78.9 Å². The number of aromatic nitrogens is 13. The number of nitrogens with zero attached hydrogens (tertiary/aromatic N) is 13. The summed E-state index contributed by atoms with van der Waals surface area (Å²) in [6.07, 6.45) is 1.95. The van der Waals surface area contributed by atoms with Crippen LogP contribution < -0.4 is 0 Å². The molecule has 128 heavy (non-hydrogen) atoms. The van der Waals surface area contributed by atoms with Crippen molar-refractivity contribution >= 4 is 151 Å². The third-order valence-electron chi connectivity index (χ3n) is 22.7. The molecule has 24 rings (SSSR count). The lowest BCUT2D eigenvalue weighted by molar-refractivity contribution is 0.953. The zero-order valence-corrected chi connectivity index (χ0v) is 74.7. The Bertz CT molecular complexity index is 7480. The normalized spacial score (nSPS) is 11.3. The highest BCUT2D eigenvalue weighted by molar-refractivity contribution is 9.11. The topological polar surface area (TPSA) is 136 Å². The summed E-state index contributed by atoms with van der Waals surface area (Å²) in [5.74, 6) is 4.84. The first kappa shape index (κ1) is 80.0. The summed E-state index contributed by atoms with van der Waals surface area (Å²) in [4.78, 5) is 44.6. The molecule has 0 bridgehead atoms. The van der Waals surface area contributed by atoms with Crippen molar-refractivity contribution in [1.29, 1.82) is 0 Å². The van der Waals surface area contributed by atoms with Gasteiger partial charge in [-0.1, -0.05) is 403 Å². The van der Waals surface area contributed by atoms with Gasteiger partial charge in [0.2, 0.25) is 11.9 Å². The minimum absolute atomic E-state index is 0.599. The molecule has 0 saturated heterocycles. The fourth-order valence-electron chi connectivity index (χ4n) is 16.9. The van der Waals surface area contributed by atoms with Crippen LogP contribution in [0.5, 0.6) is 0 Å². The van der Waals surface area contributed by atoms with Gasteiger partial charge < -0.3 is 4.57 Å². The molecule has 0 atom stereocenters. The molecule has 16 aromatic carbocycles. The van der Waals surface area contributed by atoms with Gasteiger partial charge >= 0.3 is 0 Å². The van der Waals surface area contributed by atoms with E-state index in [-0.39, 0.29) is 0 Å². The number of halogens is 4. The summed E-state index contributed by atoms with van der Waals surface area (Å²) >= 11 is 15.0. The van der Waals surface area contributed by atoms with E-state index in [4.69, 9.17) is 44.9 Å². The Morgan fingerprint density at radius 3 is 0.836 bits per heavy atom. The highest BCUT2D eigenvalue weighted by Gasteiger charge is 2.25. The van der Waals surface area contributed by atoms with Crippen molar-refractivity contribution in [2.45, 2.75) is 0 Å². The molecule has 0 fully saturated rings. The molecule has 8 heterocycles. The average molecular weight is 1910 g/mol. The first-order valence-electron chi connectivity index (χ1n) is 41.8. The van der Waals surface area contributed by atoms with Crippen LogP contribution in [0.2, 0.25) is 0 Å². The number of rotatable bonds is 12. The lowest BCUT2D eigenvalue weighted by atomic mass is 10.1. The first-order valence-corrected chi connectivity index (χ1v) is 44.9. The molecular weight excluding hydrogens is 1830 g/mol. The average Bonchev–Trinajstić information content (AvgIpc) is 1.60. The van der Waals surface area contributed by atoms with E-state index in [0.717, 1.165) is 163 Å². The summed E-state index contributed by atoms with van der Waals surface area (Å²) in [5, 5.41) is 9.39. The van der Waals surface area contributed by atoms with E-state index in [1.165, 1.54) is 26.9 Å². The molecule has 17 heteroatoms. The van der Waals surface area contributed by atoms with Crippen LogP contribution in [-0.4, -0.2) is 63.1 Å². The molecule has 0 spiro atoms. The molecule has 0 aliphatic heterocycles. The minimum Gasteiger partial charge on any atom is -0.306 e. The molecule has 0 amide bonds. The molecule has 0 aliphatic carbocycles. The second-order valence-electron chi connectivity index (χ2n) is 30.5. The van der Waals surface area contributed by atoms with Crippen LogP contribution in [0.3, 0.4) is 0 Å². The van der Waals surface area contributed by atoms with E-state index >= 15 is 0 Å². The fourth-order valence-corrected chi connectivity index (χ4v) is 19.2. The lowest BCUT2D eigenvalue weighted by Crippen LogP contribution is -2.06. The Hall–Kier alpha value is -15.1. The number of benzene rings is 16. The second kappa shape index (κ2) is 35.5. The molecule has 608 valence electrons. The van der Waals surface area contributed by atoms with Crippen molar-refractivity contribution in [2.75, 3.05) is 0 Å². The van der Waals surface area contributed by atoms with Crippen LogP contribution in [0, 0.1) is 0 Å². The third-order valence-corrected chi connectivity index (χ3v) is 25.3. The van der Waals surface area contributed by atoms with Gasteiger partial charge in [-0.3, -0.25) is 13.7 Å². The molecule has 0 radical (unpaired) electrons. The maximum Gasteiger partial charge on any atom is 0.238 e. The molecule has 0 aliphatic rings. The number of hydrogen-bond acceptors (Lipinski definition) is 9. The molecule has 0 saturated carbocycles. The highest BCUT2D eigenvalue weighted by atomic mass is 79.9. The Balaban J connectivity index is 0.000000104. The maximum absolute atomic E-state index is 5.06. The van der Waals surface area contributed by atoms with Crippen LogP contribution in [-0.2, 0) is 0 Å². The van der Waals surface area contributed by atoms with Gasteiger partial charge in [-0.2, -0.15) is 9.97 Å². The molecule has 8 aromatic heterocycles. The molecule has 24 aromatic rings. The van der Waals surface area contributed by atoms with E-state index in [2.05, 4.69) is 313 Å². The van der Waals surface area contributed by atoms with Crippen molar-refractivity contribution in [2.24, 2.45) is 0 Å². The zero-order chi connectivity index (χ0) is 86.0. The lowest BCUT2D eigenvalue weighted by Gasteiger charge is -2.14. The Morgan fingerprint density at radius 2 is 0.461 bits per heavy atom. The van der Waals surface area contributed by atoms with Crippen molar-refractivity contribution in [3.63, 3.8) is 0 Å². The molecule has 0 N–H and O–H groups in total. The van der Waals surface area contributed by atoms with Crippen LogP contribution in [0.15, 0.2) is 449 Å². The van der Waals surface area contributed by atoms with Crippen LogP contribution in [0.1, 0.15) is 0 Å². The Labute approximate surface area is 770 Å². The van der Waals surface area contributed by atoms with Crippen LogP contribution in [0.4, 0.5) is 0 Å². The van der Waals surface area contributed by atoms with E-state index in [0.29, 0.717) is 29.4 Å². The SMILES string of the molecule is Brc1cccc2c1c1ccccc1n2-c1cc(-c2ccccc2)nc(-c2ccccc2)n1.Brc1cccc2c1c1ccccc1n2-c1cnc(-c2ccccc2)nc1-c1ccccc1.Brc1cccc2c1c1ccccc1n2-c1nc(-c2ccccc2)cc(-c2ccccc2)n1.Brc1cccc2c1c1ccccc1n2-c1nc(-c2ccccc2)nc(-c2ccccc2)n1. The van der Waals surface area contributed by atoms with Crippen LogP contribution in [0.25, 0.3) is 201 Å². The molecule has 13 nitrogen and oxygen atoms in total. The predicted molar refractivity (Wildman–Crippen MR) is 538 cm³/mol. The van der Waals surface area contributed by atoms with Crippen molar-refractivity contribution in [1.82, 2.24) is 63.1 Å². The largest absolute Gasteiger partial charge is 0.306 e. The van der Waals surface area contributed by atoms with Gasteiger partial charge in [0, 0.05) is 112 Å². The second-order valence-corrected chi connectivity index (χ2v) is 33.9. The summed E-state index contributed by atoms with van der Waals surface area (Å²) < 4.78 is 13.0. The summed E-state index contributed by atoms with van der Waals surface area (Å²) in [6.45, 7) is 0. The van der Waals surface area contributed by atoms with Gasteiger partial charge in [-0.25, -0.2) is 34.9 Å². The Morgan fingerprint density at radius 1 is 0.188 bits per heavy atom. The third kappa shape index (κ3) is 15.5. The fraction of sp³-hybridized carbons (Fsp3) is 0.